The molecule has 0 atom stereocenters. The second-order valence-corrected chi connectivity index (χ2v) is 6.79. The monoisotopic (exact) mass is 397 g/mol. The lowest BCUT2D eigenvalue weighted by Crippen LogP contribution is -2.34. The summed E-state index contributed by atoms with van der Waals surface area (Å²) in [5, 5.41) is 4.33. The average Bonchev–Trinajstić information content (AvgIpc) is 2.78. The highest BCUT2D eigenvalue weighted by molar-refractivity contribution is 5.96. The van der Waals surface area contributed by atoms with Gasteiger partial charge in [0.05, 0.1) is 21.3 Å². The number of nitrogens with one attached hydrogen (secondary N) is 1. The van der Waals surface area contributed by atoms with Crippen molar-refractivity contribution in [2.24, 2.45) is 5.10 Å². The Hall–Kier alpha value is -3.06. The molecule has 0 aromatic heterocycles. The first kappa shape index (κ1) is 20.7. The number of piperidine rings is 1. The van der Waals surface area contributed by atoms with E-state index in [1.54, 1.807) is 12.1 Å². The number of hydrogen-bond donors (Lipinski definition) is 1. The number of likely N-dealkylation sites (tertiary alicyclic amines) is 1. The van der Waals surface area contributed by atoms with Crippen molar-refractivity contribution in [1.82, 2.24) is 10.3 Å². The summed E-state index contributed by atoms with van der Waals surface area (Å²) in [6.07, 6.45) is 1.67. The highest BCUT2D eigenvalue weighted by atomic mass is 16.5. The van der Waals surface area contributed by atoms with Gasteiger partial charge in [0.2, 0.25) is 5.75 Å². The van der Waals surface area contributed by atoms with Crippen LogP contribution in [0.3, 0.4) is 0 Å². The Morgan fingerprint density at radius 2 is 1.62 bits per heavy atom. The summed E-state index contributed by atoms with van der Waals surface area (Å²) in [7, 11) is 4.56. The molecule has 0 unspecified atom stereocenters. The first-order chi connectivity index (χ1) is 14.1. The summed E-state index contributed by atoms with van der Waals surface area (Å²) in [4.78, 5) is 14.9. The van der Waals surface area contributed by atoms with Crippen LogP contribution in [0.5, 0.6) is 17.2 Å². The molecule has 154 valence electrons. The lowest BCUT2D eigenvalue weighted by molar-refractivity contribution is 0.0953. The molecular weight excluding hydrogens is 370 g/mol. The number of hydrogen-bond acceptors (Lipinski definition) is 6. The Balaban J connectivity index is 1.58. The zero-order valence-electron chi connectivity index (χ0n) is 17.1. The fourth-order valence-electron chi connectivity index (χ4n) is 3.33. The van der Waals surface area contributed by atoms with E-state index in [4.69, 9.17) is 14.2 Å². The zero-order valence-corrected chi connectivity index (χ0v) is 17.1. The van der Waals surface area contributed by atoms with Crippen LogP contribution in [0.15, 0.2) is 47.6 Å². The lowest BCUT2D eigenvalue weighted by Gasteiger charge is -2.27. The molecule has 29 heavy (non-hydrogen) atoms. The van der Waals surface area contributed by atoms with Gasteiger partial charge in [0.15, 0.2) is 11.5 Å². The molecule has 1 fully saturated rings. The van der Waals surface area contributed by atoms with Gasteiger partial charge < -0.3 is 14.2 Å². The van der Waals surface area contributed by atoms with Crippen LogP contribution >= 0.6 is 0 Å². The van der Waals surface area contributed by atoms with Crippen molar-refractivity contribution >= 4 is 11.6 Å². The van der Waals surface area contributed by atoms with E-state index in [9.17, 15) is 4.79 Å². The number of carbonyl (C=O) groups is 1. The minimum absolute atomic E-state index is 0.316. The van der Waals surface area contributed by atoms with E-state index < -0.39 is 0 Å². The number of amides is 1. The van der Waals surface area contributed by atoms with Gasteiger partial charge in [-0.15, -0.1) is 0 Å². The van der Waals surface area contributed by atoms with E-state index >= 15 is 0 Å². The van der Waals surface area contributed by atoms with Gasteiger partial charge in [-0.25, -0.2) is 5.43 Å². The quantitative estimate of drug-likeness (QED) is 0.727. The average molecular weight is 397 g/mol. The molecule has 1 N–H and O–H groups in total. The smallest absolute Gasteiger partial charge is 0.271 e. The molecule has 3 rings (SSSR count). The second-order valence-electron chi connectivity index (χ2n) is 6.79. The van der Waals surface area contributed by atoms with Gasteiger partial charge in [-0.3, -0.25) is 9.69 Å². The molecule has 1 aliphatic heterocycles. The Morgan fingerprint density at radius 3 is 2.17 bits per heavy atom. The third kappa shape index (κ3) is 5.26. The van der Waals surface area contributed by atoms with E-state index in [1.165, 1.54) is 26.9 Å². The standard InChI is InChI=1S/C22H27N3O4/c1-27-19-13-17(14-20(28-2)21(19)29-3)22(26)24-23-18-9-11-25(12-10-18)15-16-7-5-4-6-8-16/h4-8,13-14H,9-12,15H2,1-3H3,(H,24,26). The van der Waals surface area contributed by atoms with Crippen LogP contribution in [-0.4, -0.2) is 50.9 Å². The van der Waals surface area contributed by atoms with Gasteiger partial charge in [0, 0.05) is 43.8 Å². The highest BCUT2D eigenvalue weighted by Crippen LogP contribution is 2.38. The number of ether oxygens (including phenoxy) is 3. The molecule has 0 aliphatic carbocycles. The predicted octanol–water partition coefficient (Wildman–Crippen LogP) is 3.09. The van der Waals surface area contributed by atoms with E-state index in [-0.39, 0.29) is 5.91 Å². The molecule has 0 saturated carbocycles. The van der Waals surface area contributed by atoms with E-state index in [0.29, 0.717) is 22.8 Å². The fraction of sp³-hybridized carbons (Fsp3) is 0.364. The molecular formula is C22H27N3O4. The Kier molecular flexibility index (Phi) is 7.08. The first-order valence-corrected chi connectivity index (χ1v) is 9.56. The first-order valence-electron chi connectivity index (χ1n) is 9.56. The number of hydrazone groups is 1. The van der Waals surface area contributed by atoms with Crippen molar-refractivity contribution in [3.05, 3.63) is 53.6 Å². The molecule has 0 bridgehead atoms. The molecule has 7 heteroatoms. The van der Waals surface area contributed by atoms with Crippen LogP contribution in [-0.2, 0) is 6.54 Å². The van der Waals surface area contributed by atoms with Gasteiger partial charge >= 0.3 is 0 Å². The molecule has 1 saturated heterocycles. The maximum Gasteiger partial charge on any atom is 0.271 e. The van der Waals surface area contributed by atoms with Crippen LogP contribution in [0.1, 0.15) is 28.8 Å². The highest BCUT2D eigenvalue weighted by Gasteiger charge is 2.18. The van der Waals surface area contributed by atoms with Crippen molar-refractivity contribution in [3.63, 3.8) is 0 Å². The van der Waals surface area contributed by atoms with Gasteiger partial charge in [0.1, 0.15) is 0 Å². The van der Waals surface area contributed by atoms with Crippen LogP contribution in [0, 0.1) is 0 Å². The van der Waals surface area contributed by atoms with Crippen molar-refractivity contribution in [3.8, 4) is 17.2 Å². The molecule has 0 radical (unpaired) electrons. The molecule has 1 heterocycles. The van der Waals surface area contributed by atoms with Crippen LogP contribution < -0.4 is 19.6 Å². The summed E-state index contributed by atoms with van der Waals surface area (Å²) < 4.78 is 15.9. The van der Waals surface area contributed by atoms with Crippen molar-refractivity contribution in [2.75, 3.05) is 34.4 Å². The van der Waals surface area contributed by atoms with Gasteiger partial charge in [-0.2, -0.15) is 5.10 Å². The summed E-state index contributed by atoms with van der Waals surface area (Å²) in [6.45, 7) is 2.79. The van der Waals surface area contributed by atoms with Crippen molar-refractivity contribution in [2.45, 2.75) is 19.4 Å². The van der Waals surface area contributed by atoms with E-state index in [1.807, 2.05) is 6.07 Å². The van der Waals surface area contributed by atoms with Gasteiger partial charge in [-0.1, -0.05) is 30.3 Å². The molecule has 2 aromatic rings. The molecule has 1 aliphatic rings. The van der Waals surface area contributed by atoms with Crippen molar-refractivity contribution < 1.29 is 19.0 Å². The number of carbonyl (C=O) groups excluding carboxylic acids is 1. The Bertz CT molecular complexity index is 833. The third-order valence-electron chi connectivity index (χ3n) is 4.92. The zero-order chi connectivity index (χ0) is 20.6. The maximum atomic E-state index is 12.5. The molecule has 0 spiro atoms. The predicted molar refractivity (Wildman–Crippen MR) is 112 cm³/mol. The van der Waals surface area contributed by atoms with Crippen LogP contribution in [0.2, 0.25) is 0 Å². The number of rotatable bonds is 7. The summed E-state index contributed by atoms with van der Waals surface area (Å²) in [5.74, 6) is 0.991. The van der Waals surface area contributed by atoms with Gasteiger partial charge in [0.25, 0.3) is 5.91 Å². The number of methoxy groups -OCH3 is 3. The molecule has 1 amide bonds. The Morgan fingerprint density at radius 1 is 1.00 bits per heavy atom. The topological polar surface area (TPSA) is 72.4 Å². The molecule has 7 nitrogen and oxygen atoms in total. The van der Waals surface area contributed by atoms with E-state index in [0.717, 1.165) is 38.2 Å². The normalized spacial score (nSPS) is 14.2. The van der Waals surface area contributed by atoms with E-state index in [2.05, 4.69) is 39.7 Å². The third-order valence-corrected chi connectivity index (χ3v) is 4.92. The largest absolute Gasteiger partial charge is 0.493 e. The molecule has 2 aromatic carbocycles. The lowest BCUT2D eigenvalue weighted by atomic mass is 10.1. The minimum Gasteiger partial charge on any atom is -0.493 e. The fourth-order valence-corrected chi connectivity index (χ4v) is 3.33. The second kappa shape index (κ2) is 9.93. The number of benzene rings is 2. The van der Waals surface area contributed by atoms with Gasteiger partial charge in [-0.05, 0) is 17.7 Å². The number of nitrogens with zero attached hydrogens (tertiary/aromatic N) is 2. The maximum absolute atomic E-state index is 12.5. The Labute approximate surface area is 171 Å². The SMILES string of the molecule is COc1cc(C(=O)NN=C2CCN(Cc3ccccc3)CC2)cc(OC)c1OC. The van der Waals surface area contributed by atoms with Crippen molar-refractivity contribution in [1.29, 1.82) is 0 Å². The summed E-state index contributed by atoms with van der Waals surface area (Å²) in [5.41, 5.74) is 5.35. The minimum atomic E-state index is -0.316. The van der Waals surface area contributed by atoms with Crippen LogP contribution in [0.25, 0.3) is 0 Å². The summed E-state index contributed by atoms with van der Waals surface area (Å²) >= 11 is 0. The summed E-state index contributed by atoms with van der Waals surface area (Å²) in [6, 6.07) is 13.7. The van der Waals surface area contributed by atoms with Crippen LogP contribution in [0.4, 0.5) is 0 Å².